The van der Waals surface area contributed by atoms with Crippen molar-refractivity contribution in [2.75, 3.05) is 25.4 Å². The zero-order chi connectivity index (χ0) is 11.3. The summed E-state index contributed by atoms with van der Waals surface area (Å²) in [7, 11) is 0. The maximum atomic E-state index is 4.47. The third kappa shape index (κ3) is 4.36. The van der Waals surface area contributed by atoms with E-state index in [-0.39, 0.29) is 0 Å². The van der Waals surface area contributed by atoms with Gasteiger partial charge in [-0.05, 0) is 42.9 Å². The molecule has 1 aliphatic carbocycles. The predicted octanol–water partition coefficient (Wildman–Crippen LogP) is 3.31. The van der Waals surface area contributed by atoms with Crippen molar-refractivity contribution in [2.24, 2.45) is 17.8 Å². The molecule has 0 aromatic carbocycles. The minimum atomic E-state index is 0.758. The van der Waals surface area contributed by atoms with Gasteiger partial charge in [-0.15, -0.1) is 0 Å². The first-order valence-corrected chi connectivity index (χ1v) is 7.13. The Morgan fingerprint density at radius 3 is 2.33 bits per heavy atom. The molecule has 0 aromatic heterocycles. The van der Waals surface area contributed by atoms with Gasteiger partial charge in [0.05, 0.1) is 0 Å². The van der Waals surface area contributed by atoms with Gasteiger partial charge in [-0.1, -0.05) is 27.2 Å². The lowest BCUT2D eigenvalue weighted by Crippen LogP contribution is -2.37. The fourth-order valence-corrected chi connectivity index (χ4v) is 2.72. The maximum absolute atomic E-state index is 4.47. The minimum Gasteiger partial charge on any atom is -0.303 e. The van der Waals surface area contributed by atoms with Crippen LogP contribution in [0.15, 0.2) is 0 Å². The molecule has 90 valence electrons. The van der Waals surface area contributed by atoms with Crippen LogP contribution in [0.2, 0.25) is 0 Å². The SMILES string of the molecule is CCN(CC1CCC1)CC(CS)C(C)C. The molecule has 15 heavy (non-hydrogen) atoms. The van der Waals surface area contributed by atoms with E-state index in [1.165, 1.54) is 38.9 Å². The average Bonchev–Trinajstić information content (AvgIpc) is 2.15. The van der Waals surface area contributed by atoms with E-state index in [1.54, 1.807) is 0 Å². The second-order valence-electron chi connectivity index (χ2n) is 5.34. The van der Waals surface area contributed by atoms with Crippen molar-refractivity contribution in [1.82, 2.24) is 4.90 Å². The van der Waals surface area contributed by atoms with E-state index in [2.05, 4.69) is 38.3 Å². The number of thiol groups is 1. The Balaban J connectivity index is 2.29. The number of nitrogens with zero attached hydrogens (tertiary/aromatic N) is 1. The summed E-state index contributed by atoms with van der Waals surface area (Å²) in [5.41, 5.74) is 0. The molecule has 1 saturated carbocycles. The van der Waals surface area contributed by atoms with Gasteiger partial charge in [0.2, 0.25) is 0 Å². The molecular weight excluding hydrogens is 202 g/mol. The van der Waals surface area contributed by atoms with Crippen LogP contribution >= 0.6 is 12.6 Å². The van der Waals surface area contributed by atoms with Crippen molar-refractivity contribution in [3.8, 4) is 0 Å². The third-order valence-corrected chi connectivity index (χ3v) is 4.33. The summed E-state index contributed by atoms with van der Waals surface area (Å²) in [6, 6.07) is 0. The Morgan fingerprint density at radius 1 is 1.33 bits per heavy atom. The fraction of sp³-hybridized carbons (Fsp3) is 1.00. The van der Waals surface area contributed by atoms with Gasteiger partial charge in [-0.3, -0.25) is 0 Å². The van der Waals surface area contributed by atoms with Crippen molar-refractivity contribution in [2.45, 2.75) is 40.0 Å². The minimum absolute atomic E-state index is 0.758. The molecule has 0 spiro atoms. The van der Waals surface area contributed by atoms with Gasteiger partial charge in [0.15, 0.2) is 0 Å². The van der Waals surface area contributed by atoms with Gasteiger partial charge in [0, 0.05) is 13.1 Å². The van der Waals surface area contributed by atoms with Crippen LogP contribution in [0.5, 0.6) is 0 Å². The van der Waals surface area contributed by atoms with E-state index >= 15 is 0 Å². The van der Waals surface area contributed by atoms with E-state index in [9.17, 15) is 0 Å². The predicted molar refractivity (Wildman–Crippen MR) is 71.6 cm³/mol. The smallest absolute Gasteiger partial charge is 0.00199 e. The first-order valence-electron chi connectivity index (χ1n) is 6.50. The number of hydrogen-bond donors (Lipinski definition) is 1. The standard InChI is InChI=1S/C13H27NS/c1-4-14(8-12-6-5-7-12)9-13(10-15)11(2)3/h11-13,15H,4-10H2,1-3H3. The van der Waals surface area contributed by atoms with Crippen LogP contribution in [0, 0.1) is 17.8 Å². The first-order chi connectivity index (χ1) is 7.17. The lowest BCUT2D eigenvalue weighted by atomic mass is 9.85. The molecule has 0 heterocycles. The highest BCUT2D eigenvalue weighted by Crippen LogP contribution is 2.27. The lowest BCUT2D eigenvalue weighted by molar-refractivity contribution is 0.156. The number of rotatable bonds is 7. The Hall–Kier alpha value is 0.310. The summed E-state index contributed by atoms with van der Waals surface area (Å²) >= 11 is 4.47. The van der Waals surface area contributed by atoms with E-state index in [0.717, 1.165) is 23.5 Å². The fourth-order valence-electron chi connectivity index (χ4n) is 2.18. The Kier molecular flexibility index (Phi) is 6.06. The highest BCUT2D eigenvalue weighted by atomic mass is 32.1. The summed E-state index contributed by atoms with van der Waals surface area (Å²) in [6.07, 6.45) is 4.38. The summed E-state index contributed by atoms with van der Waals surface area (Å²) in [6.45, 7) is 10.7. The maximum Gasteiger partial charge on any atom is 0.00199 e. The highest BCUT2D eigenvalue weighted by molar-refractivity contribution is 7.80. The van der Waals surface area contributed by atoms with Crippen LogP contribution in [-0.2, 0) is 0 Å². The zero-order valence-corrected chi connectivity index (χ0v) is 11.5. The third-order valence-electron chi connectivity index (χ3n) is 3.86. The topological polar surface area (TPSA) is 3.24 Å². The van der Waals surface area contributed by atoms with Crippen LogP contribution in [-0.4, -0.2) is 30.3 Å². The van der Waals surface area contributed by atoms with Gasteiger partial charge in [0.1, 0.15) is 0 Å². The molecule has 1 aliphatic rings. The highest BCUT2D eigenvalue weighted by Gasteiger charge is 2.22. The summed E-state index contributed by atoms with van der Waals surface area (Å²) in [5.74, 6) is 3.54. The molecule has 2 heteroatoms. The van der Waals surface area contributed by atoms with Gasteiger partial charge in [0.25, 0.3) is 0 Å². The van der Waals surface area contributed by atoms with E-state index < -0.39 is 0 Å². The molecule has 0 aliphatic heterocycles. The van der Waals surface area contributed by atoms with E-state index in [1.807, 2.05) is 0 Å². The molecule has 0 saturated heterocycles. The molecular formula is C13H27NS. The van der Waals surface area contributed by atoms with Crippen molar-refractivity contribution < 1.29 is 0 Å². The van der Waals surface area contributed by atoms with E-state index in [0.29, 0.717) is 0 Å². The molecule has 1 atom stereocenters. The second kappa shape index (κ2) is 6.80. The van der Waals surface area contributed by atoms with Crippen LogP contribution in [0.1, 0.15) is 40.0 Å². The zero-order valence-electron chi connectivity index (χ0n) is 10.6. The molecule has 0 amide bonds. The molecule has 1 unspecified atom stereocenters. The van der Waals surface area contributed by atoms with Crippen molar-refractivity contribution in [3.05, 3.63) is 0 Å². The largest absolute Gasteiger partial charge is 0.303 e. The normalized spacial score (nSPS) is 19.6. The molecule has 1 nitrogen and oxygen atoms in total. The molecule has 0 radical (unpaired) electrons. The van der Waals surface area contributed by atoms with E-state index in [4.69, 9.17) is 0 Å². The molecule has 0 aromatic rings. The number of hydrogen-bond acceptors (Lipinski definition) is 2. The molecule has 0 bridgehead atoms. The Labute approximate surface area is 101 Å². The molecule has 1 rings (SSSR count). The van der Waals surface area contributed by atoms with Crippen LogP contribution < -0.4 is 0 Å². The van der Waals surface area contributed by atoms with Gasteiger partial charge >= 0.3 is 0 Å². The van der Waals surface area contributed by atoms with Gasteiger partial charge < -0.3 is 4.90 Å². The van der Waals surface area contributed by atoms with Crippen LogP contribution in [0.4, 0.5) is 0 Å². The average molecular weight is 229 g/mol. The van der Waals surface area contributed by atoms with Crippen molar-refractivity contribution >= 4 is 12.6 Å². The van der Waals surface area contributed by atoms with Gasteiger partial charge in [-0.25, -0.2) is 0 Å². The summed E-state index contributed by atoms with van der Waals surface area (Å²) in [5, 5.41) is 0. The lowest BCUT2D eigenvalue weighted by Gasteiger charge is -2.34. The second-order valence-corrected chi connectivity index (χ2v) is 5.70. The Bertz CT molecular complexity index is 166. The molecule has 1 fully saturated rings. The van der Waals surface area contributed by atoms with Crippen molar-refractivity contribution in [3.63, 3.8) is 0 Å². The van der Waals surface area contributed by atoms with Gasteiger partial charge in [-0.2, -0.15) is 12.6 Å². The summed E-state index contributed by atoms with van der Waals surface area (Å²) < 4.78 is 0. The monoisotopic (exact) mass is 229 g/mol. The molecule has 0 N–H and O–H groups in total. The van der Waals surface area contributed by atoms with Crippen LogP contribution in [0.3, 0.4) is 0 Å². The quantitative estimate of drug-likeness (QED) is 0.656. The first kappa shape index (κ1) is 13.4. The van der Waals surface area contributed by atoms with Crippen LogP contribution in [0.25, 0.3) is 0 Å². The Morgan fingerprint density at radius 2 is 2.00 bits per heavy atom. The van der Waals surface area contributed by atoms with Crippen molar-refractivity contribution in [1.29, 1.82) is 0 Å². The summed E-state index contributed by atoms with van der Waals surface area (Å²) in [4.78, 5) is 2.63.